The van der Waals surface area contributed by atoms with Crippen molar-refractivity contribution in [2.45, 2.75) is 12.8 Å². The predicted octanol–water partition coefficient (Wildman–Crippen LogP) is 2.49. The molecule has 26 heavy (non-hydrogen) atoms. The second kappa shape index (κ2) is 7.19. The monoisotopic (exact) mass is 346 g/mol. The van der Waals surface area contributed by atoms with Crippen LogP contribution in [0.2, 0.25) is 0 Å². The molecule has 3 aromatic rings. The van der Waals surface area contributed by atoms with E-state index in [1.165, 1.54) is 0 Å². The third kappa shape index (κ3) is 3.33. The molecule has 3 rings (SSSR count). The number of fused-ring (bicyclic) bond motifs is 1. The van der Waals surface area contributed by atoms with Crippen LogP contribution in [0.1, 0.15) is 27.7 Å². The van der Waals surface area contributed by atoms with Gasteiger partial charge < -0.3 is 9.88 Å². The van der Waals surface area contributed by atoms with Gasteiger partial charge in [0, 0.05) is 12.6 Å². The van der Waals surface area contributed by atoms with Crippen molar-refractivity contribution in [2.24, 2.45) is 7.05 Å². The first kappa shape index (κ1) is 17.4. The van der Waals surface area contributed by atoms with Crippen molar-refractivity contribution in [3.63, 3.8) is 0 Å². The number of nitrogens with zero attached hydrogens (tertiary/aromatic N) is 3. The topological polar surface area (TPSA) is 87.8 Å². The van der Waals surface area contributed by atoms with E-state index in [0.717, 1.165) is 16.6 Å². The average molecular weight is 346 g/mol. The molecule has 0 aliphatic carbocycles. The van der Waals surface area contributed by atoms with Crippen molar-refractivity contribution in [3.8, 4) is 6.07 Å². The lowest BCUT2D eigenvalue weighted by Gasteiger charge is -2.10. The summed E-state index contributed by atoms with van der Waals surface area (Å²) in [4.78, 5) is 29.1. The zero-order valence-corrected chi connectivity index (χ0v) is 14.6. The quantitative estimate of drug-likeness (QED) is 0.769. The fourth-order valence-corrected chi connectivity index (χ4v) is 2.77. The number of nitrogens with one attached hydrogen (secondary N) is 1. The molecule has 0 saturated carbocycles. The smallest absolute Gasteiger partial charge is 0.251 e. The number of Topliss-reactive ketones (excluding diaryl/α,β-unsaturated/α-hetero) is 1. The van der Waals surface area contributed by atoms with Gasteiger partial charge in [-0.1, -0.05) is 29.8 Å². The molecule has 1 heterocycles. The van der Waals surface area contributed by atoms with Gasteiger partial charge in [0.25, 0.3) is 5.91 Å². The highest BCUT2D eigenvalue weighted by Gasteiger charge is 2.26. The third-order valence-corrected chi connectivity index (χ3v) is 4.27. The number of ketones is 1. The lowest BCUT2D eigenvalue weighted by molar-refractivity contribution is -0.118. The maximum atomic E-state index is 12.5. The Bertz CT molecular complexity index is 1010. The summed E-state index contributed by atoms with van der Waals surface area (Å²) in [5.41, 5.74) is 3.09. The van der Waals surface area contributed by atoms with Crippen LogP contribution in [-0.4, -0.2) is 27.8 Å². The van der Waals surface area contributed by atoms with Gasteiger partial charge in [0.15, 0.2) is 11.7 Å². The molecule has 2 aromatic carbocycles. The predicted molar refractivity (Wildman–Crippen MR) is 97.6 cm³/mol. The number of hydrogen-bond donors (Lipinski definition) is 1. The molecule has 0 unspecified atom stereocenters. The Morgan fingerprint density at radius 2 is 1.88 bits per heavy atom. The summed E-state index contributed by atoms with van der Waals surface area (Å²) in [5, 5.41) is 12.1. The van der Waals surface area contributed by atoms with E-state index in [1.807, 2.05) is 49.4 Å². The Labute approximate surface area is 151 Å². The number of amides is 1. The van der Waals surface area contributed by atoms with Gasteiger partial charge in [0.2, 0.25) is 0 Å². The molecule has 130 valence electrons. The molecule has 1 aromatic heterocycles. The number of aromatic nitrogens is 2. The minimum absolute atomic E-state index is 0.228. The maximum Gasteiger partial charge on any atom is 0.251 e. The van der Waals surface area contributed by atoms with Crippen LogP contribution in [-0.2, 0) is 11.8 Å². The molecule has 1 amide bonds. The number of carbonyl (C=O) groups is 2. The second-order valence-electron chi connectivity index (χ2n) is 6.09. The largest absolute Gasteiger partial charge is 0.345 e. The van der Waals surface area contributed by atoms with E-state index < -0.39 is 11.7 Å². The summed E-state index contributed by atoms with van der Waals surface area (Å²) >= 11 is 0. The van der Waals surface area contributed by atoms with Crippen LogP contribution >= 0.6 is 0 Å². The van der Waals surface area contributed by atoms with Gasteiger partial charge in [-0.3, -0.25) is 9.59 Å². The highest BCUT2D eigenvalue weighted by molar-refractivity contribution is 5.98. The molecule has 6 heteroatoms. The fraction of sp³-hybridized carbons (Fsp3) is 0.200. The fourth-order valence-electron chi connectivity index (χ4n) is 2.77. The van der Waals surface area contributed by atoms with Gasteiger partial charge >= 0.3 is 0 Å². The van der Waals surface area contributed by atoms with Gasteiger partial charge in [-0.05, 0) is 31.2 Å². The van der Waals surface area contributed by atoms with E-state index in [4.69, 9.17) is 0 Å². The van der Waals surface area contributed by atoms with Crippen LogP contribution in [0.15, 0.2) is 48.5 Å². The van der Waals surface area contributed by atoms with Crippen molar-refractivity contribution in [1.82, 2.24) is 14.9 Å². The number of rotatable bonds is 5. The summed E-state index contributed by atoms with van der Waals surface area (Å²) in [5.74, 6) is -1.40. The van der Waals surface area contributed by atoms with Crippen molar-refractivity contribution in [2.75, 3.05) is 6.54 Å². The first-order valence-electron chi connectivity index (χ1n) is 8.20. The summed E-state index contributed by atoms with van der Waals surface area (Å²) in [6, 6.07) is 16.5. The highest BCUT2D eigenvalue weighted by Crippen LogP contribution is 2.21. The lowest BCUT2D eigenvalue weighted by Crippen LogP contribution is -2.32. The van der Waals surface area contributed by atoms with E-state index in [2.05, 4.69) is 10.3 Å². The molecular formula is C20H18N4O2. The van der Waals surface area contributed by atoms with Gasteiger partial charge in [-0.2, -0.15) is 5.26 Å². The Kier molecular flexibility index (Phi) is 4.81. The van der Waals surface area contributed by atoms with E-state index in [1.54, 1.807) is 23.7 Å². The minimum Gasteiger partial charge on any atom is -0.345 e. The average Bonchev–Trinajstić information content (AvgIpc) is 2.98. The van der Waals surface area contributed by atoms with Crippen LogP contribution in [0.5, 0.6) is 0 Å². The van der Waals surface area contributed by atoms with Gasteiger partial charge in [-0.25, -0.2) is 4.98 Å². The second-order valence-corrected chi connectivity index (χ2v) is 6.09. The number of nitriles is 1. The van der Waals surface area contributed by atoms with E-state index >= 15 is 0 Å². The summed E-state index contributed by atoms with van der Waals surface area (Å²) in [6.45, 7) is 1.70. The van der Waals surface area contributed by atoms with E-state index in [9.17, 15) is 14.9 Å². The Morgan fingerprint density at radius 3 is 2.54 bits per heavy atom. The van der Waals surface area contributed by atoms with Crippen LogP contribution in [0.25, 0.3) is 11.0 Å². The van der Waals surface area contributed by atoms with E-state index in [-0.39, 0.29) is 12.5 Å². The highest BCUT2D eigenvalue weighted by atomic mass is 16.2. The molecule has 0 aliphatic heterocycles. The lowest BCUT2D eigenvalue weighted by atomic mass is 10.0. The number of carbonyl (C=O) groups excluding carboxylic acids is 2. The van der Waals surface area contributed by atoms with Gasteiger partial charge in [-0.15, -0.1) is 0 Å². The Morgan fingerprint density at radius 1 is 1.19 bits per heavy atom. The van der Waals surface area contributed by atoms with Crippen molar-refractivity contribution in [3.05, 3.63) is 65.5 Å². The molecule has 1 atom stereocenters. The summed E-state index contributed by atoms with van der Waals surface area (Å²) in [6.07, 6.45) is 0. The van der Waals surface area contributed by atoms with Crippen molar-refractivity contribution >= 4 is 22.7 Å². The van der Waals surface area contributed by atoms with Crippen LogP contribution < -0.4 is 5.32 Å². The Balaban J connectivity index is 1.74. The third-order valence-electron chi connectivity index (χ3n) is 4.27. The number of aryl methyl sites for hydroxylation is 2. The molecule has 0 fully saturated rings. The standard InChI is InChI=1S/C20H18N4O2/c1-13-7-9-14(10-8-13)20(26)22-12-18(25)15(11-21)19-23-16-5-3-4-6-17(16)24(19)2/h3-10,15H,12H2,1-2H3,(H,22,26)/t15-/m0/s1. The number of para-hydroxylation sites is 2. The molecule has 0 bridgehead atoms. The number of benzene rings is 2. The van der Waals surface area contributed by atoms with Crippen molar-refractivity contribution in [1.29, 1.82) is 5.26 Å². The first-order valence-corrected chi connectivity index (χ1v) is 8.20. The van der Waals surface area contributed by atoms with Crippen molar-refractivity contribution < 1.29 is 9.59 Å². The van der Waals surface area contributed by atoms with Crippen LogP contribution in [0.3, 0.4) is 0 Å². The normalized spacial score (nSPS) is 11.7. The Hall–Kier alpha value is -3.46. The van der Waals surface area contributed by atoms with Gasteiger partial charge in [0.05, 0.1) is 23.6 Å². The molecule has 0 spiro atoms. The number of imidazole rings is 1. The zero-order chi connectivity index (χ0) is 18.7. The molecule has 1 N–H and O–H groups in total. The molecule has 0 radical (unpaired) electrons. The SMILES string of the molecule is Cc1ccc(C(=O)NCC(=O)[C@H](C#N)c2nc3ccccc3n2C)cc1. The van der Waals surface area contributed by atoms with Crippen LogP contribution in [0.4, 0.5) is 0 Å². The molecule has 6 nitrogen and oxygen atoms in total. The maximum absolute atomic E-state index is 12.5. The molecule has 0 saturated heterocycles. The summed E-state index contributed by atoms with van der Waals surface area (Å²) < 4.78 is 1.74. The first-order chi connectivity index (χ1) is 12.5. The molecule has 0 aliphatic rings. The molecular weight excluding hydrogens is 328 g/mol. The van der Waals surface area contributed by atoms with Crippen LogP contribution in [0, 0.1) is 18.3 Å². The number of hydrogen-bond acceptors (Lipinski definition) is 4. The minimum atomic E-state index is -1.04. The van der Waals surface area contributed by atoms with Gasteiger partial charge in [0.1, 0.15) is 5.82 Å². The van der Waals surface area contributed by atoms with E-state index in [0.29, 0.717) is 11.4 Å². The summed E-state index contributed by atoms with van der Waals surface area (Å²) in [7, 11) is 1.77. The zero-order valence-electron chi connectivity index (χ0n) is 14.6.